The van der Waals surface area contributed by atoms with Gasteiger partial charge in [0.25, 0.3) is 0 Å². The van der Waals surface area contributed by atoms with Gasteiger partial charge in [-0.3, -0.25) is 4.79 Å². The molecule has 19 heavy (non-hydrogen) atoms. The molecule has 102 valence electrons. The molecule has 1 rings (SSSR count). The van der Waals surface area contributed by atoms with Crippen LogP contribution in [0.2, 0.25) is 0 Å². The maximum atomic E-state index is 12.0. The summed E-state index contributed by atoms with van der Waals surface area (Å²) >= 11 is 0. The number of carbonyl (C=O) groups is 1. The third kappa shape index (κ3) is 4.60. The van der Waals surface area contributed by atoms with Crippen molar-refractivity contribution in [1.82, 2.24) is 0 Å². The average molecular weight is 263 g/mol. The summed E-state index contributed by atoms with van der Waals surface area (Å²) in [7, 11) is 0. The molecule has 0 saturated heterocycles. The molecule has 5 heteroatoms. The summed E-state index contributed by atoms with van der Waals surface area (Å²) in [5, 5.41) is 18.1. The minimum Gasteiger partial charge on any atom is -0.508 e. The predicted octanol–water partition coefficient (Wildman–Crippen LogP) is 1.90. The van der Waals surface area contributed by atoms with Gasteiger partial charge < -0.3 is 14.6 Å². The lowest BCUT2D eigenvalue weighted by molar-refractivity contribution is -0.129. The van der Waals surface area contributed by atoms with E-state index in [2.05, 4.69) is 0 Å². The van der Waals surface area contributed by atoms with Gasteiger partial charge in [0, 0.05) is 6.61 Å². The molecule has 0 amide bonds. The number of carbonyl (C=O) groups excluding carboxylic acids is 1. The number of phenols is 1. The number of rotatable bonds is 7. The van der Waals surface area contributed by atoms with E-state index in [4.69, 9.17) is 19.8 Å². The summed E-state index contributed by atoms with van der Waals surface area (Å²) in [5.41, 5.74) is 0. The predicted molar refractivity (Wildman–Crippen MR) is 68.8 cm³/mol. The SMILES string of the molecule is CCOCC(C#N)C(=O)C(C)Oc1ccc(O)cc1. The Hall–Kier alpha value is -2.06. The number of hydrogen-bond acceptors (Lipinski definition) is 5. The molecule has 1 N–H and O–H groups in total. The van der Waals surface area contributed by atoms with Crippen LogP contribution in [0.15, 0.2) is 24.3 Å². The summed E-state index contributed by atoms with van der Waals surface area (Å²) in [4.78, 5) is 12.0. The van der Waals surface area contributed by atoms with Gasteiger partial charge in [0.2, 0.25) is 0 Å². The third-order valence-electron chi connectivity index (χ3n) is 2.54. The fourth-order valence-corrected chi connectivity index (χ4v) is 1.49. The fourth-order valence-electron chi connectivity index (χ4n) is 1.49. The van der Waals surface area contributed by atoms with E-state index >= 15 is 0 Å². The minimum atomic E-state index is -0.827. The average Bonchev–Trinajstić information content (AvgIpc) is 2.42. The van der Waals surface area contributed by atoms with E-state index in [0.717, 1.165) is 0 Å². The largest absolute Gasteiger partial charge is 0.508 e. The summed E-state index contributed by atoms with van der Waals surface area (Å²) in [6.07, 6.45) is -0.741. The van der Waals surface area contributed by atoms with Crippen LogP contribution in [0.3, 0.4) is 0 Å². The van der Waals surface area contributed by atoms with Crippen molar-refractivity contribution < 1.29 is 19.4 Å². The quantitative estimate of drug-likeness (QED) is 0.812. The van der Waals surface area contributed by atoms with Crippen LogP contribution in [-0.2, 0) is 9.53 Å². The zero-order chi connectivity index (χ0) is 14.3. The van der Waals surface area contributed by atoms with Gasteiger partial charge >= 0.3 is 0 Å². The van der Waals surface area contributed by atoms with E-state index in [1.54, 1.807) is 26.0 Å². The van der Waals surface area contributed by atoms with Crippen molar-refractivity contribution in [3.8, 4) is 17.6 Å². The Morgan fingerprint density at radius 2 is 2.05 bits per heavy atom. The Morgan fingerprint density at radius 3 is 2.58 bits per heavy atom. The lowest BCUT2D eigenvalue weighted by atomic mass is 10.0. The lowest BCUT2D eigenvalue weighted by Crippen LogP contribution is -2.32. The second kappa shape index (κ2) is 7.39. The van der Waals surface area contributed by atoms with E-state index in [1.807, 2.05) is 6.07 Å². The van der Waals surface area contributed by atoms with E-state index < -0.39 is 12.0 Å². The molecular weight excluding hydrogens is 246 g/mol. The number of ether oxygens (including phenoxy) is 2. The molecule has 5 nitrogen and oxygen atoms in total. The number of aromatic hydroxyl groups is 1. The smallest absolute Gasteiger partial charge is 0.192 e. The highest BCUT2D eigenvalue weighted by atomic mass is 16.5. The monoisotopic (exact) mass is 263 g/mol. The summed E-state index contributed by atoms with van der Waals surface area (Å²) in [6, 6.07) is 7.97. The highest BCUT2D eigenvalue weighted by Crippen LogP contribution is 2.18. The Kier molecular flexibility index (Phi) is 5.83. The van der Waals surface area contributed by atoms with Gasteiger partial charge in [-0.2, -0.15) is 5.26 Å². The van der Waals surface area contributed by atoms with Crippen molar-refractivity contribution in [2.45, 2.75) is 20.0 Å². The summed E-state index contributed by atoms with van der Waals surface area (Å²) in [6.45, 7) is 3.93. The van der Waals surface area contributed by atoms with Crippen molar-refractivity contribution in [3.05, 3.63) is 24.3 Å². The van der Waals surface area contributed by atoms with Crippen LogP contribution in [-0.4, -0.2) is 30.2 Å². The van der Waals surface area contributed by atoms with Crippen LogP contribution in [0.5, 0.6) is 11.5 Å². The summed E-state index contributed by atoms with van der Waals surface area (Å²) in [5.74, 6) is -0.555. The van der Waals surface area contributed by atoms with Crippen molar-refractivity contribution >= 4 is 5.78 Å². The zero-order valence-electron chi connectivity index (χ0n) is 11.0. The molecule has 0 aliphatic carbocycles. The summed E-state index contributed by atoms with van der Waals surface area (Å²) < 4.78 is 10.5. The fraction of sp³-hybridized carbons (Fsp3) is 0.429. The maximum absolute atomic E-state index is 12.0. The standard InChI is InChI=1S/C14H17NO4/c1-3-18-9-11(8-15)14(17)10(2)19-13-6-4-12(16)5-7-13/h4-7,10-11,16H,3,9H2,1-2H3. The minimum absolute atomic E-state index is 0.0785. The molecule has 0 fully saturated rings. The highest BCUT2D eigenvalue weighted by molar-refractivity contribution is 5.87. The van der Waals surface area contributed by atoms with Crippen LogP contribution < -0.4 is 4.74 Å². The second-order valence-corrected chi connectivity index (χ2v) is 4.00. The molecule has 0 aromatic heterocycles. The molecule has 0 heterocycles. The molecule has 1 aromatic rings. The first kappa shape index (κ1) is 15.0. The van der Waals surface area contributed by atoms with Gasteiger partial charge in [-0.1, -0.05) is 0 Å². The number of nitrogens with zero attached hydrogens (tertiary/aromatic N) is 1. The number of hydrogen-bond donors (Lipinski definition) is 1. The molecule has 0 saturated carbocycles. The van der Waals surface area contributed by atoms with Gasteiger partial charge in [0.05, 0.1) is 12.7 Å². The van der Waals surface area contributed by atoms with Gasteiger partial charge in [0.15, 0.2) is 11.9 Å². The Labute approximate surface area is 112 Å². The van der Waals surface area contributed by atoms with Crippen molar-refractivity contribution in [2.24, 2.45) is 5.92 Å². The van der Waals surface area contributed by atoms with Crippen LogP contribution >= 0.6 is 0 Å². The maximum Gasteiger partial charge on any atom is 0.192 e. The normalized spacial score (nSPS) is 13.3. The number of ketones is 1. The molecule has 2 atom stereocenters. The van der Waals surface area contributed by atoms with Gasteiger partial charge in [0.1, 0.15) is 17.4 Å². The highest BCUT2D eigenvalue weighted by Gasteiger charge is 2.25. The van der Waals surface area contributed by atoms with Crippen LogP contribution in [0.1, 0.15) is 13.8 Å². The molecule has 0 bridgehead atoms. The lowest BCUT2D eigenvalue weighted by Gasteiger charge is -2.16. The Morgan fingerprint density at radius 1 is 1.42 bits per heavy atom. The van der Waals surface area contributed by atoms with E-state index in [1.165, 1.54) is 12.1 Å². The first-order valence-electron chi connectivity index (χ1n) is 6.05. The molecule has 1 aromatic carbocycles. The molecule has 0 radical (unpaired) electrons. The van der Waals surface area contributed by atoms with Crippen LogP contribution in [0, 0.1) is 17.2 Å². The molecule has 0 aliphatic heterocycles. The topological polar surface area (TPSA) is 79.5 Å². The van der Waals surface area contributed by atoms with E-state index in [0.29, 0.717) is 12.4 Å². The first-order valence-corrected chi connectivity index (χ1v) is 6.05. The third-order valence-corrected chi connectivity index (χ3v) is 2.54. The van der Waals surface area contributed by atoms with E-state index in [9.17, 15) is 4.79 Å². The van der Waals surface area contributed by atoms with Crippen molar-refractivity contribution in [3.63, 3.8) is 0 Å². The van der Waals surface area contributed by atoms with Gasteiger partial charge in [-0.25, -0.2) is 0 Å². The Bertz CT molecular complexity index is 450. The molecule has 2 unspecified atom stereocenters. The van der Waals surface area contributed by atoms with Gasteiger partial charge in [-0.05, 0) is 38.1 Å². The van der Waals surface area contributed by atoms with Gasteiger partial charge in [-0.15, -0.1) is 0 Å². The Balaban J connectivity index is 2.61. The molecule has 0 aliphatic rings. The van der Waals surface area contributed by atoms with Crippen molar-refractivity contribution in [1.29, 1.82) is 5.26 Å². The number of Topliss-reactive ketones (excluding diaryl/α,β-unsaturated/α-hetero) is 1. The van der Waals surface area contributed by atoms with E-state index in [-0.39, 0.29) is 18.1 Å². The molecular formula is C14H17NO4. The van der Waals surface area contributed by atoms with Crippen LogP contribution in [0.4, 0.5) is 0 Å². The number of phenolic OH excluding ortho intramolecular Hbond substituents is 1. The number of nitriles is 1. The first-order chi connectivity index (χ1) is 9.08. The zero-order valence-corrected chi connectivity index (χ0v) is 11.0. The van der Waals surface area contributed by atoms with Crippen LogP contribution in [0.25, 0.3) is 0 Å². The number of benzene rings is 1. The molecule has 0 spiro atoms. The van der Waals surface area contributed by atoms with Crippen molar-refractivity contribution in [2.75, 3.05) is 13.2 Å². The second-order valence-electron chi connectivity index (χ2n) is 4.00.